The average molecular weight is 382 g/mol. The van der Waals surface area contributed by atoms with Gasteiger partial charge in [-0.05, 0) is 43.5 Å². The van der Waals surface area contributed by atoms with Gasteiger partial charge in [0.25, 0.3) is 0 Å². The third-order valence-electron chi connectivity index (χ3n) is 4.90. The second kappa shape index (κ2) is 9.26. The minimum absolute atomic E-state index is 0.0172. The quantitative estimate of drug-likeness (QED) is 0.746. The van der Waals surface area contributed by atoms with E-state index in [0.717, 1.165) is 18.7 Å². The molecule has 148 valence electrons. The van der Waals surface area contributed by atoms with Gasteiger partial charge in [0.2, 0.25) is 5.91 Å². The molecule has 28 heavy (non-hydrogen) atoms. The maximum atomic E-state index is 11.6. The van der Waals surface area contributed by atoms with Crippen LogP contribution in [0.1, 0.15) is 48.5 Å². The molecule has 0 unspecified atom stereocenters. The highest BCUT2D eigenvalue weighted by Crippen LogP contribution is 2.27. The summed E-state index contributed by atoms with van der Waals surface area (Å²) in [6.07, 6.45) is 3.95. The normalized spacial score (nSPS) is 13.8. The van der Waals surface area contributed by atoms with Crippen LogP contribution in [0.4, 0.5) is 11.4 Å². The highest BCUT2D eigenvalue weighted by atomic mass is 16.5. The third kappa shape index (κ3) is 4.82. The fourth-order valence-corrected chi connectivity index (χ4v) is 3.37. The van der Waals surface area contributed by atoms with Crippen LogP contribution < -0.4 is 15.0 Å². The van der Waals surface area contributed by atoms with Gasteiger partial charge in [-0.25, -0.2) is 4.79 Å². The van der Waals surface area contributed by atoms with Gasteiger partial charge in [0.1, 0.15) is 12.4 Å². The number of rotatable bonds is 7. The molecule has 6 heteroatoms. The number of piperidine rings is 1. The minimum atomic E-state index is -1.11. The molecule has 0 radical (unpaired) electrons. The van der Waals surface area contributed by atoms with Gasteiger partial charge in [-0.15, -0.1) is 0 Å². The summed E-state index contributed by atoms with van der Waals surface area (Å²) in [6, 6.07) is 12.9. The molecule has 0 aromatic heterocycles. The predicted molar refractivity (Wildman–Crippen MR) is 109 cm³/mol. The predicted octanol–water partition coefficient (Wildman–Crippen LogP) is 4.30. The van der Waals surface area contributed by atoms with E-state index in [4.69, 9.17) is 4.74 Å². The molecule has 0 saturated carbocycles. The van der Waals surface area contributed by atoms with E-state index in [1.54, 1.807) is 19.1 Å². The molecule has 1 amide bonds. The Labute approximate surface area is 165 Å². The van der Waals surface area contributed by atoms with E-state index in [9.17, 15) is 14.7 Å². The average Bonchev–Trinajstić information content (AvgIpc) is 2.73. The number of carbonyl (C=O) groups is 2. The van der Waals surface area contributed by atoms with E-state index in [0.29, 0.717) is 12.4 Å². The molecular weight excluding hydrogens is 356 g/mol. The summed E-state index contributed by atoms with van der Waals surface area (Å²) in [5, 5.41) is 12.1. The summed E-state index contributed by atoms with van der Waals surface area (Å²) in [4.78, 5) is 25.5. The first-order chi connectivity index (χ1) is 13.6. The maximum absolute atomic E-state index is 11.6. The standard InChI is InChI=1S/C22H26N2O4/c1-2-21(25)23-19-11-10-17(14-18(19)22(26)27)28-15-16-8-4-5-9-20(16)24-12-6-3-7-13-24/h4-5,8-11,14H,2-3,6-7,12-13,15H2,1H3,(H,23,25)(H,26,27). The number of carbonyl (C=O) groups excluding carboxylic acids is 1. The van der Waals surface area contributed by atoms with Crippen LogP contribution >= 0.6 is 0 Å². The van der Waals surface area contributed by atoms with Gasteiger partial charge in [-0.1, -0.05) is 25.1 Å². The largest absolute Gasteiger partial charge is 0.489 e. The van der Waals surface area contributed by atoms with Crippen LogP contribution in [0.15, 0.2) is 42.5 Å². The Balaban J connectivity index is 1.75. The molecule has 2 aromatic carbocycles. The van der Waals surface area contributed by atoms with E-state index in [2.05, 4.69) is 16.3 Å². The zero-order valence-corrected chi connectivity index (χ0v) is 16.1. The Bertz CT molecular complexity index is 844. The first-order valence-corrected chi connectivity index (χ1v) is 9.71. The maximum Gasteiger partial charge on any atom is 0.337 e. The summed E-state index contributed by atoms with van der Waals surface area (Å²) in [5.41, 5.74) is 2.54. The molecule has 3 rings (SSSR count). The summed E-state index contributed by atoms with van der Waals surface area (Å²) < 4.78 is 5.90. The molecule has 1 aliphatic heterocycles. The number of amides is 1. The molecule has 0 aliphatic carbocycles. The molecule has 1 aliphatic rings. The van der Waals surface area contributed by atoms with Gasteiger partial charge in [0.05, 0.1) is 11.3 Å². The van der Waals surface area contributed by atoms with E-state index >= 15 is 0 Å². The SMILES string of the molecule is CCC(=O)Nc1ccc(OCc2ccccc2N2CCCCC2)cc1C(=O)O. The van der Waals surface area contributed by atoms with E-state index in [-0.39, 0.29) is 23.6 Å². The van der Waals surface area contributed by atoms with Crippen molar-refractivity contribution >= 4 is 23.3 Å². The number of para-hydroxylation sites is 1. The van der Waals surface area contributed by atoms with Crippen molar-refractivity contribution in [2.75, 3.05) is 23.3 Å². The van der Waals surface area contributed by atoms with Crippen LogP contribution in [0.3, 0.4) is 0 Å². The minimum Gasteiger partial charge on any atom is -0.489 e. The van der Waals surface area contributed by atoms with Crippen molar-refractivity contribution in [3.63, 3.8) is 0 Å². The smallest absolute Gasteiger partial charge is 0.337 e. The molecule has 2 aromatic rings. The molecule has 1 heterocycles. The topological polar surface area (TPSA) is 78.9 Å². The number of hydrogen-bond acceptors (Lipinski definition) is 4. The molecule has 1 fully saturated rings. The zero-order chi connectivity index (χ0) is 19.9. The fourth-order valence-electron chi connectivity index (χ4n) is 3.37. The number of nitrogens with zero attached hydrogens (tertiary/aromatic N) is 1. The van der Waals surface area contributed by atoms with Crippen LogP contribution in [0.5, 0.6) is 5.75 Å². The van der Waals surface area contributed by atoms with Crippen molar-refractivity contribution in [1.29, 1.82) is 0 Å². The van der Waals surface area contributed by atoms with Crippen molar-refractivity contribution in [2.24, 2.45) is 0 Å². The number of ether oxygens (including phenoxy) is 1. The van der Waals surface area contributed by atoms with Gasteiger partial charge in [-0.2, -0.15) is 0 Å². The van der Waals surface area contributed by atoms with Crippen molar-refractivity contribution < 1.29 is 19.4 Å². The summed E-state index contributed by atoms with van der Waals surface area (Å²) in [6.45, 7) is 4.16. The molecule has 2 N–H and O–H groups in total. The summed E-state index contributed by atoms with van der Waals surface area (Å²) in [7, 11) is 0. The van der Waals surface area contributed by atoms with Gasteiger partial charge in [-0.3, -0.25) is 4.79 Å². The molecule has 1 saturated heterocycles. The van der Waals surface area contributed by atoms with Crippen molar-refractivity contribution in [3.8, 4) is 5.75 Å². The van der Waals surface area contributed by atoms with E-state index in [1.165, 1.54) is 31.0 Å². The lowest BCUT2D eigenvalue weighted by molar-refractivity contribution is -0.115. The number of nitrogens with one attached hydrogen (secondary N) is 1. The summed E-state index contributed by atoms with van der Waals surface area (Å²) in [5.74, 6) is -0.877. The molecule has 0 spiro atoms. The highest BCUT2D eigenvalue weighted by molar-refractivity contribution is 6.00. The Hall–Kier alpha value is -3.02. The second-order valence-electron chi connectivity index (χ2n) is 6.88. The van der Waals surface area contributed by atoms with Crippen LogP contribution in [-0.2, 0) is 11.4 Å². The zero-order valence-electron chi connectivity index (χ0n) is 16.1. The molecule has 0 atom stereocenters. The van der Waals surface area contributed by atoms with Crippen LogP contribution in [-0.4, -0.2) is 30.1 Å². The second-order valence-corrected chi connectivity index (χ2v) is 6.88. The molecular formula is C22H26N2O4. The van der Waals surface area contributed by atoms with Crippen LogP contribution in [0, 0.1) is 0 Å². The Morgan fingerprint density at radius 2 is 1.86 bits per heavy atom. The number of benzene rings is 2. The van der Waals surface area contributed by atoms with Gasteiger partial charge in [0.15, 0.2) is 0 Å². The van der Waals surface area contributed by atoms with Crippen LogP contribution in [0.25, 0.3) is 0 Å². The number of anilines is 2. The number of carboxylic acid groups (broad SMARTS) is 1. The van der Waals surface area contributed by atoms with Crippen molar-refractivity contribution in [3.05, 3.63) is 53.6 Å². The number of aromatic carboxylic acids is 1. The van der Waals surface area contributed by atoms with Crippen molar-refractivity contribution in [2.45, 2.75) is 39.2 Å². The molecule has 0 bridgehead atoms. The lowest BCUT2D eigenvalue weighted by Gasteiger charge is -2.30. The third-order valence-corrected chi connectivity index (χ3v) is 4.90. The summed E-state index contributed by atoms with van der Waals surface area (Å²) >= 11 is 0. The first-order valence-electron chi connectivity index (χ1n) is 9.71. The van der Waals surface area contributed by atoms with Crippen LogP contribution in [0.2, 0.25) is 0 Å². The fraction of sp³-hybridized carbons (Fsp3) is 0.364. The van der Waals surface area contributed by atoms with Crippen molar-refractivity contribution in [1.82, 2.24) is 0 Å². The Morgan fingerprint density at radius 1 is 1.11 bits per heavy atom. The first kappa shape index (κ1) is 19.7. The van der Waals surface area contributed by atoms with E-state index < -0.39 is 5.97 Å². The van der Waals surface area contributed by atoms with Gasteiger partial charge >= 0.3 is 5.97 Å². The Kier molecular flexibility index (Phi) is 6.53. The lowest BCUT2D eigenvalue weighted by Crippen LogP contribution is -2.30. The van der Waals surface area contributed by atoms with E-state index in [1.807, 2.05) is 18.2 Å². The highest BCUT2D eigenvalue weighted by Gasteiger charge is 2.16. The Morgan fingerprint density at radius 3 is 2.57 bits per heavy atom. The number of hydrogen-bond donors (Lipinski definition) is 2. The number of carboxylic acids is 1. The molecule has 6 nitrogen and oxygen atoms in total. The van der Waals surface area contributed by atoms with Gasteiger partial charge < -0.3 is 20.1 Å². The lowest BCUT2D eigenvalue weighted by atomic mass is 10.1. The monoisotopic (exact) mass is 382 g/mol. The van der Waals surface area contributed by atoms with Gasteiger partial charge in [0, 0.05) is 30.8 Å².